The Bertz CT molecular complexity index is 1250. The van der Waals surface area contributed by atoms with Crippen LogP contribution in [0.5, 0.6) is 0 Å². The zero-order valence-corrected chi connectivity index (χ0v) is 18.1. The molecule has 1 amide bonds. The molecule has 0 N–H and O–H groups in total. The van der Waals surface area contributed by atoms with Crippen molar-refractivity contribution in [2.24, 2.45) is 5.92 Å². The summed E-state index contributed by atoms with van der Waals surface area (Å²) in [6.45, 7) is 2.69. The minimum atomic E-state index is -0.373. The number of Topliss-reactive ketones (excluding diaryl/α,β-unsaturated/α-hetero) is 1. The van der Waals surface area contributed by atoms with Crippen molar-refractivity contribution in [1.29, 1.82) is 0 Å². The summed E-state index contributed by atoms with van der Waals surface area (Å²) in [7, 11) is 0. The van der Waals surface area contributed by atoms with Crippen molar-refractivity contribution >= 4 is 11.7 Å². The van der Waals surface area contributed by atoms with Gasteiger partial charge < -0.3 is 4.90 Å². The molecule has 3 aromatic rings. The second-order valence-corrected chi connectivity index (χ2v) is 8.03. The van der Waals surface area contributed by atoms with Gasteiger partial charge in [-0.2, -0.15) is 0 Å². The number of aromatic nitrogens is 1. The number of amides is 1. The van der Waals surface area contributed by atoms with Gasteiger partial charge in [0.2, 0.25) is 0 Å². The number of benzene rings is 2. The summed E-state index contributed by atoms with van der Waals surface area (Å²) < 4.78 is 26.4. The summed E-state index contributed by atoms with van der Waals surface area (Å²) in [5, 5.41) is 0. The second kappa shape index (κ2) is 9.74. The fourth-order valence-electron chi connectivity index (χ4n) is 3.92. The van der Waals surface area contributed by atoms with Gasteiger partial charge in [-0.15, -0.1) is 0 Å². The molecule has 1 aliphatic rings. The van der Waals surface area contributed by atoms with Crippen LogP contribution in [0.15, 0.2) is 60.7 Å². The van der Waals surface area contributed by atoms with Gasteiger partial charge in [0.05, 0.1) is 11.3 Å². The molecule has 2 heterocycles. The summed E-state index contributed by atoms with van der Waals surface area (Å²) in [6.07, 6.45) is 1.12. The minimum absolute atomic E-state index is 0.0128. The first-order valence-corrected chi connectivity index (χ1v) is 10.7. The number of ketones is 1. The van der Waals surface area contributed by atoms with Crippen LogP contribution in [-0.4, -0.2) is 34.7 Å². The van der Waals surface area contributed by atoms with Crippen LogP contribution in [0.3, 0.4) is 0 Å². The van der Waals surface area contributed by atoms with Crippen molar-refractivity contribution in [2.45, 2.75) is 19.8 Å². The Morgan fingerprint density at radius 3 is 2.33 bits per heavy atom. The molecule has 0 aliphatic carbocycles. The summed E-state index contributed by atoms with van der Waals surface area (Å²) in [4.78, 5) is 31.8. The first kappa shape index (κ1) is 22.3. The molecule has 166 valence electrons. The fraction of sp³-hybridized carbons (Fsp3) is 0.222. The molecule has 0 saturated carbocycles. The molecule has 1 aromatic heterocycles. The lowest BCUT2D eigenvalue weighted by atomic mass is 9.88. The molecule has 0 radical (unpaired) electrons. The number of hydrogen-bond acceptors (Lipinski definition) is 3. The number of hydrogen-bond donors (Lipinski definition) is 0. The van der Waals surface area contributed by atoms with Crippen molar-refractivity contribution in [3.05, 3.63) is 100 Å². The standard InChI is InChI=1S/C27H22F2N2O2/c1-18-25(12-11-24(30-18)10-5-19-3-2-4-23(29)17-19)27(33)31-15-13-21(14-16-31)26(32)20-6-8-22(28)9-7-20/h2-4,6-9,11-12,17,21H,13-16H2,1H3. The largest absolute Gasteiger partial charge is 0.339 e. The third-order valence-corrected chi connectivity index (χ3v) is 5.76. The van der Waals surface area contributed by atoms with E-state index < -0.39 is 0 Å². The van der Waals surface area contributed by atoms with Crippen LogP contribution in [0, 0.1) is 36.3 Å². The SMILES string of the molecule is Cc1nc(C#Cc2cccc(F)c2)ccc1C(=O)N1CCC(C(=O)c2ccc(F)cc2)CC1. The van der Waals surface area contributed by atoms with Crippen LogP contribution < -0.4 is 0 Å². The Labute approximate surface area is 191 Å². The average molecular weight is 444 g/mol. The highest BCUT2D eigenvalue weighted by Gasteiger charge is 2.29. The molecular weight excluding hydrogens is 422 g/mol. The van der Waals surface area contributed by atoms with Crippen molar-refractivity contribution in [3.63, 3.8) is 0 Å². The highest BCUT2D eigenvalue weighted by atomic mass is 19.1. The van der Waals surface area contributed by atoms with Crippen molar-refractivity contribution in [3.8, 4) is 11.8 Å². The third kappa shape index (κ3) is 5.32. The number of pyridine rings is 1. The first-order chi connectivity index (χ1) is 15.9. The summed E-state index contributed by atoms with van der Waals surface area (Å²) >= 11 is 0. The van der Waals surface area contributed by atoms with Gasteiger partial charge in [-0.3, -0.25) is 9.59 Å². The Kier molecular flexibility index (Phi) is 6.60. The van der Waals surface area contributed by atoms with Crippen LogP contribution in [0.4, 0.5) is 8.78 Å². The Morgan fingerprint density at radius 1 is 0.939 bits per heavy atom. The van der Waals surface area contributed by atoms with E-state index in [0.717, 1.165) is 0 Å². The lowest BCUT2D eigenvalue weighted by molar-refractivity contribution is 0.0649. The maximum atomic E-state index is 13.3. The van der Waals surface area contributed by atoms with Crippen molar-refractivity contribution < 1.29 is 18.4 Å². The molecule has 0 spiro atoms. The zero-order valence-electron chi connectivity index (χ0n) is 18.1. The maximum Gasteiger partial charge on any atom is 0.255 e. The van der Waals surface area contributed by atoms with E-state index in [2.05, 4.69) is 16.8 Å². The highest BCUT2D eigenvalue weighted by molar-refractivity contribution is 5.98. The van der Waals surface area contributed by atoms with Gasteiger partial charge in [0.15, 0.2) is 5.78 Å². The molecule has 0 unspecified atom stereocenters. The molecule has 1 saturated heterocycles. The van der Waals surface area contributed by atoms with Crippen LogP contribution in [0.1, 0.15) is 50.5 Å². The number of nitrogens with zero attached hydrogens (tertiary/aromatic N) is 2. The topological polar surface area (TPSA) is 50.3 Å². The van der Waals surface area contributed by atoms with Crippen LogP contribution >= 0.6 is 0 Å². The van der Waals surface area contributed by atoms with E-state index in [-0.39, 0.29) is 29.2 Å². The number of piperidine rings is 1. The monoisotopic (exact) mass is 444 g/mol. The quantitative estimate of drug-likeness (QED) is 0.431. The first-order valence-electron chi connectivity index (χ1n) is 10.7. The van der Waals surface area contributed by atoms with Gasteiger partial charge in [0, 0.05) is 30.1 Å². The molecule has 33 heavy (non-hydrogen) atoms. The van der Waals surface area contributed by atoms with Crippen LogP contribution in [0.2, 0.25) is 0 Å². The lowest BCUT2D eigenvalue weighted by Crippen LogP contribution is -2.40. The van der Waals surface area contributed by atoms with Gasteiger partial charge in [-0.05, 0) is 80.3 Å². The predicted molar refractivity (Wildman–Crippen MR) is 121 cm³/mol. The van der Waals surface area contributed by atoms with E-state index in [1.165, 1.54) is 36.4 Å². The molecular formula is C27H22F2N2O2. The Hall–Kier alpha value is -3.85. The maximum absolute atomic E-state index is 13.3. The summed E-state index contributed by atoms with van der Waals surface area (Å²) in [5.41, 5.74) is 2.60. The number of aryl methyl sites for hydroxylation is 1. The number of rotatable bonds is 3. The minimum Gasteiger partial charge on any atom is -0.339 e. The number of carbonyl (C=O) groups is 2. The molecule has 0 bridgehead atoms. The number of halogens is 2. The van der Waals surface area contributed by atoms with E-state index in [9.17, 15) is 18.4 Å². The van der Waals surface area contributed by atoms with Gasteiger partial charge in [-0.25, -0.2) is 13.8 Å². The van der Waals surface area contributed by atoms with E-state index in [4.69, 9.17) is 0 Å². The third-order valence-electron chi connectivity index (χ3n) is 5.76. The molecule has 0 atom stereocenters. The van der Waals surface area contributed by atoms with E-state index >= 15 is 0 Å². The van der Waals surface area contributed by atoms with Gasteiger partial charge in [-0.1, -0.05) is 12.0 Å². The molecule has 2 aromatic carbocycles. The van der Waals surface area contributed by atoms with Crippen molar-refractivity contribution in [1.82, 2.24) is 9.88 Å². The average Bonchev–Trinajstić information content (AvgIpc) is 2.83. The fourth-order valence-corrected chi connectivity index (χ4v) is 3.92. The van der Waals surface area contributed by atoms with Crippen molar-refractivity contribution in [2.75, 3.05) is 13.1 Å². The van der Waals surface area contributed by atoms with E-state index in [0.29, 0.717) is 54.0 Å². The Balaban J connectivity index is 1.39. The highest BCUT2D eigenvalue weighted by Crippen LogP contribution is 2.24. The second-order valence-electron chi connectivity index (χ2n) is 8.03. The van der Waals surface area contributed by atoms with Gasteiger partial charge >= 0.3 is 0 Å². The zero-order chi connectivity index (χ0) is 23.4. The smallest absolute Gasteiger partial charge is 0.255 e. The van der Waals surface area contributed by atoms with E-state index in [1.807, 2.05) is 0 Å². The normalized spacial score (nSPS) is 13.8. The molecule has 6 heteroatoms. The van der Waals surface area contributed by atoms with E-state index in [1.54, 1.807) is 36.1 Å². The predicted octanol–water partition coefficient (Wildman–Crippen LogP) is 4.80. The summed E-state index contributed by atoms with van der Waals surface area (Å²) in [5.74, 6) is 4.72. The molecule has 4 nitrogen and oxygen atoms in total. The molecule has 4 rings (SSSR count). The van der Waals surface area contributed by atoms with Crippen LogP contribution in [-0.2, 0) is 0 Å². The number of carbonyl (C=O) groups excluding carboxylic acids is 2. The molecule has 1 aliphatic heterocycles. The van der Waals surface area contributed by atoms with Gasteiger partial charge in [0.25, 0.3) is 5.91 Å². The van der Waals surface area contributed by atoms with Gasteiger partial charge in [0.1, 0.15) is 17.3 Å². The molecule has 1 fully saturated rings. The Morgan fingerprint density at radius 2 is 1.67 bits per heavy atom. The lowest BCUT2D eigenvalue weighted by Gasteiger charge is -2.31. The number of likely N-dealkylation sites (tertiary alicyclic amines) is 1. The summed E-state index contributed by atoms with van der Waals surface area (Å²) in [6, 6.07) is 15.0. The van der Waals surface area contributed by atoms with Crippen LogP contribution in [0.25, 0.3) is 0 Å².